The molecule has 1 atom stereocenters. The van der Waals surface area contributed by atoms with Crippen molar-refractivity contribution in [2.75, 3.05) is 6.54 Å². The fourth-order valence-electron chi connectivity index (χ4n) is 1.26. The van der Waals surface area contributed by atoms with Gasteiger partial charge in [0.05, 0.1) is 0 Å². The van der Waals surface area contributed by atoms with E-state index in [1.807, 2.05) is 6.92 Å². The molecule has 1 aromatic rings. The topological polar surface area (TPSA) is 83.6 Å². The van der Waals surface area contributed by atoms with Gasteiger partial charge in [0.15, 0.2) is 5.69 Å². The van der Waals surface area contributed by atoms with Gasteiger partial charge in [-0.1, -0.05) is 12.1 Å². The summed E-state index contributed by atoms with van der Waals surface area (Å²) in [6.07, 6.45) is 1.96. The van der Waals surface area contributed by atoms with Crippen LogP contribution in [0.15, 0.2) is 16.9 Å². The van der Waals surface area contributed by atoms with Crippen LogP contribution < -0.4 is 0 Å². The van der Waals surface area contributed by atoms with E-state index in [1.54, 1.807) is 6.92 Å². The number of aliphatic carboxylic acids is 1. The molecule has 16 heavy (non-hydrogen) atoms. The Balaban J connectivity index is 2.84. The molecule has 0 bridgehead atoms. The molecule has 0 radical (unpaired) electrons. The zero-order chi connectivity index (χ0) is 12.1. The maximum absolute atomic E-state index is 11.9. The van der Waals surface area contributed by atoms with Gasteiger partial charge < -0.3 is 14.5 Å². The highest BCUT2D eigenvalue weighted by molar-refractivity contribution is 5.94. The van der Waals surface area contributed by atoms with Crippen LogP contribution in [0.4, 0.5) is 0 Å². The standard InChI is InChI=1S/C10H14N2O4/c1-3-7(2)12(6-9(13)14)10(15)8-4-5-16-11-8/h4-5,7H,3,6H2,1-2H3,(H,13,14)/t7-/m1/s1. The van der Waals surface area contributed by atoms with Crippen LogP contribution in [0.2, 0.25) is 0 Å². The second-order valence-electron chi connectivity index (χ2n) is 3.47. The quantitative estimate of drug-likeness (QED) is 0.809. The lowest BCUT2D eigenvalue weighted by atomic mass is 10.2. The minimum atomic E-state index is -1.04. The molecule has 1 heterocycles. The number of hydrogen-bond acceptors (Lipinski definition) is 4. The predicted molar refractivity (Wildman–Crippen MR) is 54.9 cm³/mol. The summed E-state index contributed by atoms with van der Waals surface area (Å²) in [5.74, 6) is -1.47. The van der Waals surface area contributed by atoms with Gasteiger partial charge >= 0.3 is 5.97 Å². The maximum atomic E-state index is 11.9. The lowest BCUT2D eigenvalue weighted by molar-refractivity contribution is -0.138. The van der Waals surface area contributed by atoms with Crippen LogP contribution >= 0.6 is 0 Å². The zero-order valence-electron chi connectivity index (χ0n) is 9.21. The van der Waals surface area contributed by atoms with Crippen molar-refractivity contribution in [1.82, 2.24) is 10.1 Å². The second kappa shape index (κ2) is 5.29. The molecule has 1 aromatic heterocycles. The third-order valence-corrected chi connectivity index (χ3v) is 2.35. The maximum Gasteiger partial charge on any atom is 0.323 e. The van der Waals surface area contributed by atoms with Crippen LogP contribution in [0.3, 0.4) is 0 Å². The van der Waals surface area contributed by atoms with Crippen molar-refractivity contribution < 1.29 is 19.2 Å². The van der Waals surface area contributed by atoms with E-state index in [2.05, 4.69) is 9.68 Å². The highest BCUT2D eigenvalue weighted by Crippen LogP contribution is 2.09. The number of rotatable bonds is 5. The number of amides is 1. The number of nitrogens with zero attached hydrogens (tertiary/aromatic N) is 2. The molecule has 0 saturated heterocycles. The van der Waals surface area contributed by atoms with Gasteiger partial charge in [-0.25, -0.2) is 0 Å². The van der Waals surface area contributed by atoms with E-state index in [9.17, 15) is 9.59 Å². The molecule has 1 rings (SSSR count). The summed E-state index contributed by atoms with van der Waals surface area (Å²) in [5, 5.41) is 12.2. The Hall–Kier alpha value is -1.85. The van der Waals surface area contributed by atoms with Crippen LogP contribution in [0.25, 0.3) is 0 Å². The third-order valence-electron chi connectivity index (χ3n) is 2.35. The van der Waals surface area contributed by atoms with E-state index in [0.717, 1.165) is 0 Å². The van der Waals surface area contributed by atoms with Crippen LogP contribution in [0.1, 0.15) is 30.8 Å². The molecular weight excluding hydrogens is 212 g/mol. The summed E-state index contributed by atoms with van der Waals surface area (Å²) in [4.78, 5) is 23.8. The van der Waals surface area contributed by atoms with Crippen molar-refractivity contribution in [3.8, 4) is 0 Å². The normalized spacial score (nSPS) is 12.1. The lowest BCUT2D eigenvalue weighted by Gasteiger charge is -2.25. The Morgan fingerprint density at radius 2 is 2.31 bits per heavy atom. The fraction of sp³-hybridized carbons (Fsp3) is 0.500. The first-order valence-corrected chi connectivity index (χ1v) is 4.99. The van der Waals surface area contributed by atoms with E-state index >= 15 is 0 Å². The predicted octanol–water partition coefficient (Wildman–Crippen LogP) is 1.000. The summed E-state index contributed by atoms with van der Waals surface area (Å²) in [6, 6.07) is 1.26. The summed E-state index contributed by atoms with van der Waals surface area (Å²) in [6.45, 7) is 3.34. The van der Waals surface area contributed by atoms with Gasteiger partial charge in [-0.2, -0.15) is 0 Å². The molecule has 0 unspecified atom stereocenters. The molecule has 6 nitrogen and oxygen atoms in total. The summed E-state index contributed by atoms with van der Waals surface area (Å²) in [5.41, 5.74) is 0.126. The Kier molecular flexibility index (Phi) is 4.04. The molecule has 0 aliphatic heterocycles. The Morgan fingerprint density at radius 3 is 2.75 bits per heavy atom. The van der Waals surface area contributed by atoms with Crippen molar-refractivity contribution in [1.29, 1.82) is 0 Å². The lowest BCUT2D eigenvalue weighted by Crippen LogP contribution is -2.41. The molecule has 88 valence electrons. The average Bonchev–Trinajstić information content (AvgIpc) is 2.77. The molecule has 0 spiro atoms. The number of carbonyl (C=O) groups is 2. The minimum Gasteiger partial charge on any atom is -0.480 e. The Morgan fingerprint density at radius 1 is 1.62 bits per heavy atom. The van der Waals surface area contributed by atoms with Gasteiger partial charge in [0.1, 0.15) is 12.8 Å². The van der Waals surface area contributed by atoms with Gasteiger partial charge in [-0.3, -0.25) is 9.59 Å². The highest BCUT2D eigenvalue weighted by atomic mass is 16.5. The van der Waals surface area contributed by atoms with E-state index in [4.69, 9.17) is 5.11 Å². The monoisotopic (exact) mass is 226 g/mol. The van der Waals surface area contributed by atoms with Crippen molar-refractivity contribution in [2.24, 2.45) is 0 Å². The molecule has 0 fully saturated rings. The first-order valence-electron chi connectivity index (χ1n) is 4.99. The van der Waals surface area contributed by atoms with E-state index in [1.165, 1.54) is 17.2 Å². The molecule has 0 aliphatic carbocycles. The number of carbonyl (C=O) groups excluding carboxylic acids is 1. The zero-order valence-corrected chi connectivity index (χ0v) is 9.21. The molecule has 1 N–H and O–H groups in total. The highest BCUT2D eigenvalue weighted by Gasteiger charge is 2.24. The van der Waals surface area contributed by atoms with Crippen molar-refractivity contribution in [3.63, 3.8) is 0 Å². The third kappa shape index (κ3) is 2.82. The Labute approximate surface area is 92.8 Å². The first kappa shape index (κ1) is 12.2. The van der Waals surface area contributed by atoms with Gasteiger partial charge in [-0.05, 0) is 13.3 Å². The molecule has 0 aromatic carbocycles. The number of aromatic nitrogens is 1. The van der Waals surface area contributed by atoms with E-state index < -0.39 is 11.9 Å². The van der Waals surface area contributed by atoms with Gasteiger partial charge in [0.25, 0.3) is 5.91 Å². The number of carboxylic acids is 1. The van der Waals surface area contributed by atoms with E-state index in [-0.39, 0.29) is 18.3 Å². The second-order valence-corrected chi connectivity index (χ2v) is 3.47. The fourth-order valence-corrected chi connectivity index (χ4v) is 1.26. The van der Waals surface area contributed by atoms with E-state index in [0.29, 0.717) is 6.42 Å². The van der Waals surface area contributed by atoms with Gasteiger partial charge in [-0.15, -0.1) is 0 Å². The molecular formula is C10H14N2O4. The molecule has 0 saturated carbocycles. The van der Waals surface area contributed by atoms with Crippen LogP contribution in [-0.2, 0) is 4.79 Å². The summed E-state index contributed by atoms with van der Waals surface area (Å²) >= 11 is 0. The molecule has 6 heteroatoms. The van der Waals surface area contributed by atoms with Gasteiger partial charge in [0, 0.05) is 12.1 Å². The summed E-state index contributed by atoms with van der Waals surface area (Å²) in [7, 11) is 0. The first-order chi connectivity index (χ1) is 7.56. The molecule has 0 aliphatic rings. The van der Waals surface area contributed by atoms with Gasteiger partial charge in [0.2, 0.25) is 0 Å². The van der Waals surface area contributed by atoms with Crippen LogP contribution in [0.5, 0.6) is 0 Å². The van der Waals surface area contributed by atoms with Crippen LogP contribution in [0, 0.1) is 0 Å². The van der Waals surface area contributed by atoms with Crippen molar-refractivity contribution in [2.45, 2.75) is 26.3 Å². The summed E-state index contributed by atoms with van der Waals surface area (Å²) < 4.78 is 4.56. The Bertz CT molecular complexity index is 361. The SMILES string of the molecule is CC[C@@H](C)N(CC(=O)O)C(=O)c1ccon1. The van der Waals surface area contributed by atoms with Crippen LogP contribution in [-0.4, -0.2) is 39.6 Å². The number of hydrogen-bond donors (Lipinski definition) is 1. The largest absolute Gasteiger partial charge is 0.480 e. The average molecular weight is 226 g/mol. The van der Waals surface area contributed by atoms with Crippen molar-refractivity contribution >= 4 is 11.9 Å². The number of carboxylic acid groups (broad SMARTS) is 1. The minimum absolute atomic E-state index is 0.126. The van der Waals surface area contributed by atoms with Crippen molar-refractivity contribution in [3.05, 3.63) is 18.0 Å². The smallest absolute Gasteiger partial charge is 0.323 e. The molecule has 1 amide bonds.